The molecule has 0 aliphatic carbocycles. The van der Waals surface area contributed by atoms with Crippen LogP contribution in [0.2, 0.25) is 0 Å². The Morgan fingerprint density at radius 1 is 1.50 bits per heavy atom. The van der Waals surface area contributed by atoms with E-state index in [2.05, 4.69) is 31.1 Å². The fourth-order valence-corrected chi connectivity index (χ4v) is 2.43. The molecule has 98 valence electrons. The number of halogens is 1. The van der Waals surface area contributed by atoms with Crippen LogP contribution in [0.1, 0.15) is 19.8 Å². The van der Waals surface area contributed by atoms with Crippen LogP contribution in [0.25, 0.3) is 0 Å². The van der Waals surface area contributed by atoms with Gasteiger partial charge in [-0.25, -0.2) is 9.78 Å². The Morgan fingerprint density at radius 3 is 2.67 bits per heavy atom. The zero-order valence-electron chi connectivity index (χ0n) is 10.2. The number of carboxylic acid groups (broad SMARTS) is 1. The van der Waals surface area contributed by atoms with Crippen molar-refractivity contribution in [3.05, 3.63) is 22.9 Å². The van der Waals surface area contributed by atoms with Gasteiger partial charge in [0.25, 0.3) is 0 Å². The number of hydrogen-bond acceptors (Lipinski definition) is 3. The highest BCUT2D eigenvalue weighted by Gasteiger charge is 2.31. The van der Waals surface area contributed by atoms with Crippen molar-refractivity contribution in [2.75, 3.05) is 18.0 Å². The minimum Gasteiger partial charge on any atom is -0.465 e. The molecule has 2 heterocycles. The van der Waals surface area contributed by atoms with Crippen molar-refractivity contribution in [1.82, 2.24) is 10.3 Å². The third-order valence-electron chi connectivity index (χ3n) is 3.35. The first-order valence-electron chi connectivity index (χ1n) is 5.86. The van der Waals surface area contributed by atoms with Gasteiger partial charge in [-0.05, 0) is 47.8 Å². The zero-order chi connectivity index (χ0) is 13.2. The van der Waals surface area contributed by atoms with Gasteiger partial charge in [0.1, 0.15) is 4.60 Å². The second-order valence-electron chi connectivity index (χ2n) is 4.82. The van der Waals surface area contributed by atoms with Gasteiger partial charge in [0.05, 0.1) is 11.9 Å². The molecule has 1 aliphatic rings. The predicted molar refractivity (Wildman–Crippen MR) is 72.9 cm³/mol. The Kier molecular flexibility index (Phi) is 3.75. The molecular weight excluding hydrogens is 298 g/mol. The molecule has 0 radical (unpaired) electrons. The van der Waals surface area contributed by atoms with Crippen molar-refractivity contribution < 1.29 is 9.90 Å². The van der Waals surface area contributed by atoms with Gasteiger partial charge in [0, 0.05) is 18.6 Å². The molecule has 6 heteroatoms. The molecule has 1 amide bonds. The summed E-state index contributed by atoms with van der Waals surface area (Å²) in [5, 5.41) is 11.4. The minimum atomic E-state index is -0.948. The number of carbonyl (C=O) groups is 1. The van der Waals surface area contributed by atoms with Crippen LogP contribution in [0.15, 0.2) is 22.9 Å². The van der Waals surface area contributed by atoms with E-state index in [4.69, 9.17) is 5.11 Å². The molecule has 0 aromatic carbocycles. The number of aromatic nitrogens is 1. The van der Waals surface area contributed by atoms with E-state index in [1.54, 1.807) is 0 Å². The summed E-state index contributed by atoms with van der Waals surface area (Å²) in [4.78, 5) is 17.2. The van der Waals surface area contributed by atoms with Crippen LogP contribution in [0.3, 0.4) is 0 Å². The monoisotopic (exact) mass is 313 g/mol. The number of anilines is 1. The molecule has 1 aromatic rings. The number of piperidine rings is 1. The van der Waals surface area contributed by atoms with Gasteiger partial charge in [0.2, 0.25) is 0 Å². The maximum Gasteiger partial charge on any atom is 0.405 e. The SMILES string of the molecule is CC1(NC(=O)O)CCN(c2ccc(Br)nc2)CC1. The standard InChI is InChI=1S/C12H16BrN3O2/c1-12(15-11(17)18)4-6-16(7-5-12)9-2-3-10(13)14-8-9/h2-3,8,15H,4-7H2,1H3,(H,17,18). The van der Waals surface area contributed by atoms with Crippen LogP contribution >= 0.6 is 15.9 Å². The van der Waals surface area contributed by atoms with E-state index in [0.717, 1.165) is 36.2 Å². The van der Waals surface area contributed by atoms with E-state index in [1.165, 1.54) is 0 Å². The Labute approximate surface area is 114 Å². The lowest BCUT2D eigenvalue weighted by Crippen LogP contribution is -2.53. The molecule has 0 spiro atoms. The molecule has 5 nitrogen and oxygen atoms in total. The zero-order valence-corrected chi connectivity index (χ0v) is 11.8. The van der Waals surface area contributed by atoms with E-state index in [-0.39, 0.29) is 5.54 Å². The molecule has 2 rings (SSSR count). The number of amides is 1. The van der Waals surface area contributed by atoms with Gasteiger partial charge in [-0.15, -0.1) is 0 Å². The van der Waals surface area contributed by atoms with Crippen molar-refractivity contribution in [2.24, 2.45) is 0 Å². The van der Waals surface area contributed by atoms with Crippen LogP contribution in [0.5, 0.6) is 0 Å². The molecule has 0 bridgehead atoms. The maximum atomic E-state index is 10.7. The van der Waals surface area contributed by atoms with Gasteiger partial charge >= 0.3 is 6.09 Å². The summed E-state index contributed by atoms with van der Waals surface area (Å²) in [6, 6.07) is 3.93. The fraction of sp³-hybridized carbons (Fsp3) is 0.500. The van der Waals surface area contributed by atoms with Crippen LogP contribution in [0.4, 0.5) is 10.5 Å². The lowest BCUT2D eigenvalue weighted by Gasteiger charge is -2.40. The summed E-state index contributed by atoms with van der Waals surface area (Å²) in [5.74, 6) is 0. The van der Waals surface area contributed by atoms with Crippen molar-refractivity contribution in [3.63, 3.8) is 0 Å². The average Bonchev–Trinajstić information content (AvgIpc) is 2.30. The molecule has 1 aromatic heterocycles. The quantitative estimate of drug-likeness (QED) is 0.823. The summed E-state index contributed by atoms with van der Waals surface area (Å²) < 4.78 is 0.820. The second-order valence-corrected chi connectivity index (χ2v) is 5.63. The first-order valence-corrected chi connectivity index (χ1v) is 6.65. The normalized spacial score (nSPS) is 18.4. The van der Waals surface area contributed by atoms with Gasteiger partial charge in [0.15, 0.2) is 0 Å². The van der Waals surface area contributed by atoms with E-state index >= 15 is 0 Å². The number of hydrogen-bond donors (Lipinski definition) is 2. The van der Waals surface area contributed by atoms with Gasteiger partial charge < -0.3 is 15.3 Å². The molecule has 1 fully saturated rings. The highest BCUT2D eigenvalue weighted by molar-refractivity contribution is 9.10. The van der Waals surface area contributed by atoms with Crippen molar-refractivity contribution in [2.45, 2.75) is 25.3 Å². The Bertz CT molecular complexity index is 427. The summed E-state index contributed by atoms with van der Waals surface area (Å²) >= 11 is 3.31. The molecule has 0 saturated carbocycles. The molecule has 2 N–H and O–H groups in total. The molecule has 0 unspecified atom stereocenters. The first kappa shape index (κ1) is 13.1. The molecular formula is C12H16BrN3O2. The smallest absolute Gasteiger partial charge is 0.405 e. The highest BCUT2D eigenvalue weighted by atomic mass is 79.9. The number of pyridine rings is 1. The van der Waals surface area contributed by atoms with Crippen LogP contribution in [0, 0.1) is 0 Å². The van der Waals surface area contributed by atoms with E-state index < -0.39 is 6.09 Å². The lowest BCUT2D eigenvalue weighted by atomic mass is 9.89. The maximum absolute atomic E-state index is 10.7. The van der Waals surface area contributed by atoms with Crippen LogP contribution < -0.4 is 10.2 Å². The van der Waals surface area contributed by atoms with Crippen molar-refractivity contribution in [3.8, 4) is 0 Å². The lowest BCUT2D eigenvalue weighted by molar-refractivity contribution is 0.173. The van der Waals surface area contributed by atoms with Gasteiger partial charge in [-0.1, -0.05) is 0 Å². The third kappa shape index (κ3) is 3.13. The summed E-state index contributed by atoms with van der Waals surface area (Å²) in [5.41, 5.74) is 0.765. The molecule has 18 heavy (non-hydrogen) atoms. The number of nitrogens with zero attached hydrogens (tertiary/aromatic N) is 2. The average molecular weight is 314 g/mol. The minimum absolute atomic E-state index is 0.314. The van der Waals surface area contributed by atoms with Crippen LogP contribution in [-0.4, -0.2) is 34.8 Å². The Hall–Kier alpha value is -1.30. The summed E-state index contributed by atoms with van der Waals surface area (Å²) in [6.07, 6.45) is 2.48. The molecule has 1 saturated heterocycles. The van der Waals surface area contributed by atoms with E-state index in [9.17, 15) is 4.79 Å². The number of nitrogens with one attached hydrogen (secondary N) is 1. The van der Waals surface area contributed by atoms with Gasteiger partial charge in [-0.3, -0.25) is 0 Å². The Balaban J connectivity index is 1.98. The van der Waals surface area contributed by atoms with E-state index in [1.807, 2.05) is 25.3 Å². The van der Waals surface area contributed by atoms with E-state index in [0.29, 0.717) is 0 Å². The second kappa shape index (κ2) is 5.14. The molecule has 1 aliphatic heterocycles. The summed E-state index contributed by atoms with van der Waals surface area (Å²) in [7, 11) is 0. The van der Waals surface area contributed by atoms with Crippen molar-refractivity contribution >= 4 is 27.7 Å². The first-order chi connectivity index (χ1) is 8.48. The van der Waals surface area contributed by atoms with Crippen LogP contribution in [-0.2, 0) is 0 Å². The highest BCUT2D eigenvalue weighted by Crippen LogP contribution is 2.26. The molecule has 0 atom stereocenters. The Morgan fingerprint density at radius 2 is 2.17 bits per heavy atom. The van der Waals surface area contributed by atoms with Gasteiger partial charge in [-0.2, -0.15) is 0 Å². The largest absolute Gasteiger partial charge is 0.465 e. The fourth-order valence-electron chi connectivity index (χ4n) is 2.20. The van der Waals surface area contributed by atoms with Crippen molar-refractivity contribution in [1.29, 1.82) is 0 Å². The summed E-state index contributed by atoms with van der Waals surface area (Å²) in [6.45, 7) is 3.62. The topological polar surface area (TPSA) is 65.5 Å². The predicted octanol–water partition coefficient (Wildman–Crippen LogP) is 2.47. The third-order valence-corrected chi connectivity index (χ3v) is 3.82. The number of rotatable bonds is 2.